The molecular formula is C13H15ClN2O. The Labute approximate surface area is 105 Å². The molecule has 90 valence electrons. The second-order valence-corrected chi connectivity index (χ2v) is 4.89. The van der Waals surface area contributed by atoms with Crippen LogP contribution in [0.4, 0.5) is 0 Å². The Kier molecular flexibility index (Phi) is 3.04. The molecular weight excluding hydrogens is 236 g/mol. The van der Waals surface area contributed by atoms with E-state index in [4.69, 9.17) is 16.3 Å². The summed E-state index contributed by atoms with van der Waals surface area (Å²) in [5.41, 5.74) is 0.972. The molecule has 3 heterocycles. The summed E-state index contributed by atoms with van der Waals surface area (Å²) < 4.78 is 7.80. The standard InChI is InChI=1S/C13H15ClN2O/c14-11-5-3-6-16-12(11)9-15-13(16)8-10-4-1-2-7-17-10/h3,5-6,9-10H,1-2,4,7-8H2. The van der Waals surface area contributed by atoms with Crippen LogP contribution in [0.5, 0.6) is 0 Å². The van der Waals surface area contributed by atoms with Gasteiger partial charge in [0.15, 0.2) is 0 Å². The van der Waals surface area contributed by atoms with E-state index < -0.39 is 0 Å². The first-order valence-corrected chi connectivity index (χ1v) is 6.44. The quantitative estimate of drug-likeness (QED) is 0.819. The molecule has 1 saturated heterocycles. The molecule has 17 heavy (non-hydrogen) atoms. The third-order valence-electron chi connectivity index (χ3n) is 3.28. The molecule has 2 aromatic rings. The highest BCUT2D eigenvalue weighted by molar-refractivity contribution is 6.33. The molecule has 1 aliphatic heterocycles. The fourth-order valence-corrected chi connectivity index (χ4v) is 2.58. The molecule has 1 fully saturated rings. The lowest BCUT2D eigenvalue weighted by Gasteiger charge is -2.21. The highest BCUT2D eigenvalue weighted by Crippen LogP contribution is 2.21. The number of rotatable bonds is 2. The van der Waals surface area contributed by atoms with Gasteiger partial charge in [-0.2, -0.15) is 0 Å². The SMILES string of the molecule is Clc1cccn2c(CC3CCCCO3)ncc12. The maximum atomic E-state index is 6.12. The van der Waals surface area contributed by atoms with Crippen LogP contribution in [0.15, 0.2) is 24.5 Å². The van der Waals surface area contributed by atoms with Crippen molar-refractivity contribution < 1.29 is 4.74 Å². The van der Waals surface area contributed by atoms with Crippen LogP contribution in [0.2, 0.25) is 5.02 Å². The van der Waals surface area contributed by atoms with Gasteiger partial charge in [-0.25, -0.2) is 4.98 Å². The summed E-state index contributed by atoms with van der Waals surface area (Å²) in [6.07, 6.45) is 8.60. The molecule has 0 aromatic carbocycles. The molecule has 0 amide bonds. The monoisotopic (exact) mass is 250 g/mol. The molecule has 3 rings (SSSR count). The number of ether oxygens (including phenoxy) is 1. The second-order valence-electron chi connectivity index (χ2n) is 4.48. The van der Waals surface area contributed by atoms with Crippen LogP contribution in [0, 0.1) is 0 Å². The van der Waals surface area contributed by atoms with Crippen molar-refractivity contribution in [1.29, 1.82) is 0 Å². The third kappa shape index (κ3) is 2.17. The summed E-state index contributed by atoms with van der Waals surface area (Å²) in [6.45, 7) is 0.884. The zero-order valence-corrected chi connectivity index (χ0v) is 10.4. The van der Waals surface area contributed by atoms with Crippen LogP contribution >= 0.6 is 11.6 Å². The highest BCUT2D eigenvalue weighted by atomic mass is 35.5. The van der Waals surface area contributed by atoms with E-state index in [0.717, 1.165) is 35.8 Å². The Hall–Kier alpha value is -1.06. The van der Waals surface area contributed by atoms with Gasteiger partial charge in [-0.1, -0.05) is 11.6 Å². The predicted molar refractivity (Wildman–Crippen MR) is 67.5 cm³/mol. The number of fused-ring (bicyclic) bond motifs is 1. The van der Waals surface area contributed by atoms with Gasteiger partial charge in [-0.05, 0) is 31.4 Å². The van der Waals surface area contributed by atoms with Gasteiger partial charge in [0.25, 0.3) is 0 Å². The molecule has 0 aliphatic carbocycles. The molecule has 1 aliphatic rings. The zero-order chi connectivity index (χ0) is 11.7. The largest absolute Gasteiger partial charge is 0.378 e. The Morgan fingerprint density at radius 1 is 1.47 bits per heavy atom. The lowest BCUT2D eigenvalue weighted by atomic mass is 10.1. The predicted octanol–water partition coefficient (Wildman–Crippen LogP) is 3.10. The van der Waals surface area contributed by atoms with Gasteiger partial charge in [-0.3, -0.25) is 0 Å². The number of hydrogen-bond donors (Lipinski definition) is 0. The van der Waals surface area contributed by atoms with Gasteiger partial charge >= 0.3 is 0 Å². The van der Waals surface area contributed by atoms with Crippen molar-refractivity contribution >= 4 is 17.1 Å². The average Bonchev–Trinajstić information content (AvgIpc) is 2.76. The third-order valence-corrected chi connectivity index (χ3v) is 3.60. The van der Waals surface area contributed by atoms with E-state index in [1.165, 1.54) is 12.8 Å². The number of aromatic nitrogens is 2. The number of hydrogen-bond acceptors (Lipinski definition) is 2. The van der Waals surface area contributed by atoms with Crippen molar-refractivity contribution in [2.45, 2.75) is 31.8 Å². The van der Waals surface area contributed by atoms with E-state index in [2.05, 4.69) is 9.38 Å². The summed E-state index contributed by atoms with van der Waals surface area (Å²) in [5, 5.41) is 0.746. The van der Waals surface area contributed by atoms with Crippen LogP contribution in [0.25, 0.3) is 5.52 Å². The molecule has 1 atom stereocenters. The van der Waals surface area contributed by atoms with E-state index >= 15 is 0 Å². The molecule has 3 nitrogen and oxygen atoms in total. The minimum absolute atomic E-state index is 0.313. The normalized spacial score (nSPS) is 20.9. The average molecular weight is 251 g/mol. The summed E-state index contributed by atoms with van der Waals surface area (Å²) in [6, 6.07) is 3.84. The second kappa shape index (κ2) is 4.67. The molecule has 0 bridgehead atoms. The first-order valence-electron chi connectivity index (χ1n) is 6.06. The van der Waals surface area contributed by atoms with Crippen LogP contribution in [-0.4, -0.2) is 22.1 Å². The lowest BCUT2D eigenvalue weighted by molar-refractivity contribution is 0.0156. The van der Waals surface area contributed by atoms with E-state index in [-0.39, 0.29) is 0 Å². The topological polar surface area (TPSA) is 26.5 Å². The zero-order valence-electron chi connectivity index (χ0n) is 9.60. The molecule has 0 spiro atoms. The lowest BCUT2D eigenvalue weighted by Crippen LogP contribution is -2.22. The molecule has 0 radical (unpaired) electrons. The number of nitrogens with zero attached hydrogens (tertiary/aromatic N) is 2. The maximum absolute atomic E-state index is 6.12. The van der Waals surface area contributed by atoms with Gasteiger partial charge in [-0.15, -0.1) is 0 Å². The first-order chi connectivity index (χ1) is 8.34. The Balaban J connectivity index is 1.87. The van der Waals surface area contributed by atoms with Gasteiger partial charge in [0.2, 0.25) is 0 Å². The van der Waals surface area contributed by atoms with Crippen molar-refractivity contribution in [2.75, 3.05) is 6.61 Å². The summed E-state index contributed by atoms with van der Waals surface area (Å²) >= 11 is 6.12. The highest BCUT2D eigenvalue weighted by Gasteiger charge is 2.17. The van der Waals surface area contributed by atoms with Gasteiger partial charge in [0, 0.05) is 19.2 Å². The van der Waals surface area contributed by atoms with Crippen molar-refractivity contribution in [3.05, 3.63) is 35.4 Å². The fraction of sp³-hybridized carbons (Fsp3) is 0.462. The number of halogens is 1. The van der Waals surface area contributed by atoms with E-state index in [0.29, 0.717) is 6.10 Å². The molecule has 4 heteroatoms. The van der Waals surface area contributed by atoms with Crippen molar-refractivity contribution in [1.82, 2.24) is 9.38 Å². The van der Waals surface area contributed by atoms with Crippen molar-refractivity contribution in [3.63, 3.8) is 0 Å². The number of pyridine rings is 1. The van der Waals surface area contributed by atoms with Crippen LogP contribution in [0.3, 0.4) is 0 Å². The molecule has 2 aromatic heterocycles. The number of imidazole rings is 1. The Morgan fingerprint density at radius 3 is 3.24 bits per heavy atom. The molecule has 1 unspecified atom stereocenters. The van der Waals surface area contributed by atoms with Crippen LogP contribution in [-0.2, 0) is 11.2 Å². The molecule has 0 N–H and O–H groups in total. The minimum Gasteiger partial charge on any atom is -0.378 e. The van der Waals surface area contributed by atoms with Crippen molar-refractivity contribution in [3.8, 4) is 0 Å². The van der Waals surface area contributed by atoms with Crippen LogP contribution < -0.4 is 0 Å². The van der Waals surface area contributed by atoms with Gasteiger partial charge < -0.3 is 9.14 Å². The summed E-state index contributed by atoms with van der Waals surface area (Å²) in [7, 11) is 0. The van der Waals surface area contributed by atoms with Gasteiger partial charge in [0.1, 0.15) is 5.82 Å². The van der Waals surface area contributed by atoms with E-state index in [1.54, 1.807) is 0 Å². The minimum atomic E-state index is 0.313. The fourth-order valence-electron chi connectivity index (χ4n) is 2.36. The molecule has 0 saturated carbocycles. The Morgan fingerprint density at radius 2 is 2.41 bits per heavy atom. The Bertz CT molecular complexity index is 517. The van der Waals surface area contributed by atoms with E-state index in [9.17, 15) is 0 Å². The van der Waals surface area contributed by atoms with E-state index in [1.807, 2.05) is 24.5 Å². The van der Waals surface area contributed by atoms with Crippen LogP contribution in [0.1, 0.15) is 25.1 Å². The van der Waals surface area contributed by atoms with Crippen molar-refractivity contribution in [2.24, 2.45) is 0 Å². The smallest absolute Gasteiger partial charge is 0.115 e. The summed E-state index contributed by atoms with van der Waals surface area (Å²) in [4.78, 5) is 4.45. The maximum Gasteiger partial charge on any atom is 0.115 e. The summed E-state index contributed by atoms with van der Waals surface area (Å²) in [5.74, 6) is 1.04. The first kappa shape index (κ1) is 11.1. The van der Waals surface area contributed by atoms with Gasteiger partial charge in [0.05, 0.1) is 22.8 Å².